The summed E-state index contributed by atoms with van der Waals surface area (Å²) in [6.07, 6.45) is 8.96. The largest absolute Gasteiger partial charge is 0.331 e. The van der Waals surface area contributed by atoms with Crippen LogP contribution in [0.15, 0.2) is 36.5 Å². The molecule has 138 valence electrons. The second kappa shape index (κ2) is 6.99. The third kappa shape index (κ3) is 2.90. The maximum atomic E-state index is 13.7. The van der Waals surface area contributed by atoms with E-state index in [4.69, 9.17) is 0 Å². The van der Waals surface area contributed by atoms with Crippen molar-refractivity contribution in [3.8, 4) is 0 Å². The second-order valence-corrected chi connectivity index (χ2v) is 8.01. The molecule has 4 rings (SSSR count). The van der Waals surface area contributed by atoms with Crippen molar-refractivity contribution in [2.75, 3.05) is 20.1 Å². The highest BCUT2D eigenvalue weighted by atomic mass is 16.2. The molecule has 2 aliphatic rings. The number of carbonyl (C=O) groups excluding carboxylic acids is 1. The van der Waals surface area contributed by atoms with E-state index >= 15 is 0 Å². The molecule has 2 heterocycles. The fraction of sp³-hybridized carbons (Fsp3) is 0.545. The molecule has 1 unspecified atom stereocenters. The number of fused-ring (bicyclic) bond motifs is 1. The van der Waals surface area contributed by atoms with Crippen LogP contribution in [0, 0.1) is 0 Å². The zero-order valence-electron chi connectivity index (χ0n) is 15.9. The van der Waals surface area contributed by atoms with E-state index in [9.17, 15) is 4.79 Å². The number of likely N-dealkylation sites (tertiary alicyclic amines) is 1. The van der Waals surface area contributed by atoms with Crippen LogP contribution in [0.4, 0.5) is 0 Å². The molecule has 1 amide bonds. The number of aromatic nitrogens is 1. The van der Waals surface area contributed by atoms with E-state index in [1.54, 1.807) is 6.20 Å². The van der Waals surface area contributed by atoms with Gasteiger partial charge >= 0.3 is 0 Å². The van der Waals surface area contributed by atoms with Crippen molar-refractivity contribution in [2.45, 2.75) is 57.0 Å². The summed E-state index contributed by atoms with van der Waals surface area (Å²) in [7, 11) is 2.19. The van der Waals surface area contributed by atoms with E-state index in [2.05, 4.69) is 28.8 Å². The predicted octanol–water partition coefficient (Wildman–Crippen LogP) is 4.10. The smallest absolute Gasteiger partial charge is 0.256 e. The molecule has 1 aromatic heterocycles. The van der Waals surface area contributed by atoms with Crippen LogP contribution in [-0.2, 0) is 0 Å². The summed E-state index contributed by atoms with van der Waals surface area (Å²) < 4.78 is 0. The average Bonchev–Trinajstić information content (AvgIpc) is 3.05. The van der Waals surface area contributed by atoms with Crippen LogP contribution < -0.4 is 0 Å². The van der Waals surface area contributed by atoms with Gasteiger partial charge in [0.25, 0.3) is 5.91 Å². The first kappa shape index (κ1) is 17.5. The molecule has 2 fully saturated rings. The second-order valence-electron chi connectivity index (χ2n) is 8.01. The highest BCUT2D eigenvalue weighted by molar-refractivity contribution is 6.05. The van der Waals surface area contributed by atoms with Crippen LogP contribution in [0.5, 0.6) is 0 Å². The Hall–Kier alpha value is -1.94. The number of rotatable bonds is 3. The van der Waals surface area contributed by atoms with Gasteiger partial charge in [0, 0.05) is 29.7 Å². The van der Waals surface area contributed by atoms with Crippen molar-refractivity contribution in [1.29, 1.82) is 0 Å². The topological polar surface area (TPSA) is 36.4 Å². The maximum absolute atomic E-state index is 13.7. The molecule has 0 bridgehead atoms. The lowest BCUT2D eigenvalue weighted by molar-refractivity contribution is 0.0501. The summed E-state index contributed by atoms with van der Waals surface area (Å²) in [4.78, 5) is 22.8. The third-order valence-corrected chi connectivity index (χ3v) is 6.60. The molecule has 1 aromatic carbocycles. The molecule has 4 nitrogen and oxygen atoms in total. The van der Waals surface area contributed by atoms with Crippen molar-refractivity contribution in [1.82, 2.24) is 14.8 Å². The van der Waals surface area contributed by atoms with Gasteiger partial charge < -0.3 is 9.80 Å². The third-order valence-electron chi connectivity index (χ3n) is 6.60. The summed E-state index contributed by atoms with van der Waals surface area (Å²) in [6, 6.07) is 10.4. The zero-order chi connectivity index (χ0) is 18.1. The first-order valence-corrected chi connectivity index (χ1v) is 10.0. The minimum absolute atomic E-state index is 0.0420. The van der Waals surface area contributed by atoms with E-state index < -0.39 is 0 Å². The van der Waals surface area contributed by atoms with Gasteiger partial charge in [0.05, 0.1) is 11.1 Å². The normalized spacial score (nSPS) is 22.4. The Labute approximate surface area is 156 Å². The lowest BCUT2D eigenvalue weighted by Crippen LogP contribution is -2.48. The molecule has 1 aliphatic carbocycles. The number of para-hydroxylation sites is 1. The van der Waals surface area contributed by atoms with Crippen molar-refractivity contribution in [3.05, 3.63) is 42.1 Å². The highest BCUT2D eigenvalue weighted by Crippen LogP contribution is 2.43. The Morgan fingerprint density at radius 3 is 2.77 bits per heavy atom. The lowest BCUT2D eigenvalue weighted by atomic mass is 9.79. The van der Waals surface area contributed by atoms with E-state index in [1.807, 2.05) is 30.3 Å². The number of amides is 1. The number of carbonyl (C=O) groups is 1. The number of pyridine rings is 1. The first-order chi connectivity index (χ1) is 12.6. The average molecular weight is 351 g/mol. The Bertz CT molecular complexity index is 792. The highest BCUT2D eigenvalue weighted by Gasteiger charge is 2.49. The standard InChI is InChI=1S/C22H29N3O/c1-3-24(2)18-15-22(12-5-4-6-13-22)25(16-18)21(26)19-11-7-9-17-10-8-14-23-20(17)19/h7-11,14,18H,3-6,12-13,15-16H2,1-2H3. The summed E-state index contributed by atoms with van der Waals surface area (Å²) in [5.41, 5.74) is 1.63. The number of nitrogens with zero attached hydrogens (tertiary/aromatic N) is 3. The molecule has 2 aromatic rings. The Morgan fingerprint density at radius 2 is 2.00 bits per heavy atom. The minimum atomic E-state index is 0.0420. The summed E-state index contributed by atoms with van der Waals surface area (Å²) in [5.74, 6) is 0.170. The Morgan fingerprint density at radius 1 is 1.23 bits per heavy atom. The fourth-order valence-corrected chi connectivity index (χ4v) is 4.98. The molecule has 1 aliphatic heterocycles. The first-order valence-electron chi connectivity index (χ1n) is 10.0. The number of hydrogen-bond acceptors (Lipinski definition) is 3. The van der Waals surface area contributed by atoms with Crippen molar-refractivity contribution in [2.24, 2.45) is 0 Å². The SMILES string of the molecule is CCN(C)C1CN(C(=O)c2cccc3cccnc23)C2(CCCCC2)C1. The van der Waals surface area contributed by atoms with Gasteiger partial charge in [-0.3, -0.25) is 9.78 Å². The van der Waals surface area contributed by atoms with Crippen molar-refractivity contribution in [3.63, 3.8) is 0 Å². The molecule has 1 saturated carbocycles. The zero-order valence-corrected chi connectivity index (χ0v) is 15.9. The van der Waals surface area contributed by atoms with E-state index in [-0.39, 0.29) is 11.4 Å². The molecule has 1 spiro atoms. The Kier molecular flexibility index (Phi) is 4.70. The quantitative estimate of drug-likeness (QED) is 0.835. The molecule has 4 heteroatoms. The van der Waals surface area contributed by atoms with Crippen molar-refractivity contribution >= 4 is 16.8 Å². The fourth-order valence-electron chi connectivity index (χ4n) is 4.98. The van der Waals surface area contributed by atoms with Crippen LogP contribution in [0.25, 0.3) is 10.9 Å². The van der Waals surface area contributed by atoms with Gasteiger partial charge in [0.2, 0.25) is 0 Å². The van der Waals surface area contributed by atoms with Crippen LogP contribution in [0.2, 0.25) is 0 Å². The lowest BCUT2D eigenvalue weighted by Gasteiger charge is -2.41. The number of benzene rings is 1. The number of likely N-dealkylation sites (N-methyl/N-ethyl adjacent to an activating group) is 1. The molecular formula is C22H29N3O. The van der Waals surface area contributed by atoms with Gasteiger partial charge in [-0.15, -0.1) is 0 Å². The van der Waals surface area contributed by atoms with E-state index in [1.165, 1.54) is 19.3 Å². The number of hydrogen-bond donors (Lipinski definition) is 0. The van der Waals surface area contributed by atoms with Crippen LogP contribution >= 0.6 is 0 Å². The molecular weight excluding hydrogens is 322 g/mol. The molecule has 0 N–H and O–H groups in total. The monoisotopic (exact) mass is 351 g/mol. The van der Waals surface area contributed by atoms with Crippen LogP contribution in [0.3, 0.4) is 0 Å². The van der Waals surface area contributed by atoms with Crippen LogP contribution in [0.1, 0.15) is 55.8 Å². The van der Waals surface area contributed by atoms with Crippen molar-refractivity contribution < 1.29 is 4.79 Å². The molecule has 0 radical (unpaired) electrons. The summed E-state index contributed by atoms with van der Waals surface area (Å²) >= 11 is 0. The van der Waals surface area contributed by atoms with Crippen LogP contribution in [-0.4, -0.2) is 52.4 Å². The molecule has 1 saturated heterocycles. The Balaban J connectivity index is 1.72. The van der Waals surface area contributed by atoms with Gasteiger partial charge in [0.15, 0.2) is 0 Å². The van der Waals surface area contributed by atoms with E-state index in [0.717, 1.165) is 48.8 Å². The molecule has 26 heavy (non-hydrogen) atoms. The summed E-state index contributed by atoms with van der Waals surface area (Å²) in [6.45, 7) is 4.07. The predicted molar refractivity (Wildman–Crippen MR) is 105 cm³/mol. The van der Waals surface area contributed by atoms with E-state index in [0.29, 0.717) is 6.04 Å². The van der Waals surface area contributed by atoms with Gasteiger partial charge in [-0.05, 0) is 45.0 Å². The molecule has 1 atom stereocenters. The van der Waals surface area contributed by atoms with Gasteiger partial charge in [0.1, 0.15) is 0 Å². The van der Waals surface area contributed by atoms with Gasteiger partial charge in [-0.1, -0.05) is 44.4 Å². The maximum Gasteiger partial charge on any atom is 0.256 e. The minimum Gasteiger partial charge on any atom is -0.331 e. The van der Waals surface area contributed by atoms with Gasteiger partial charge in [-0.25, -0.2) is 0 Å². The summed E-state index contributed by atoms with van der Waals surface area (Å²) in [5, 5.41) is 1.04. The van der Waals surface area contributed by atoms with Gasteiger partial charge in [-0.2, -0.15) is 0 Å².